The SMILES string of the molecule is Cc1c(C(=O)Nc2cccc(C(F)(F)F)c2)oc2ccc3c(c12)C(=O)CC(C)(C)O3. The van der Waals surface area contributed by atoms with Gasteiger partial charge in [-0.3, -0.25) is 9.59 Å². The number of Topliss-reactive ketones (excluding diaryl/α,β-unsaturated/α-hetero) is 1. The maximum atomic E-state index is 12.9. The number of hydrogen-bond donors (Lipinski definition) is 1. The van der Waals surface area contributed by atoms with Gasteiger partial charge in [-0.15, -0.1) is 0 Å². The summed E-state index contributed by atoms with van der Waals surface area (Å²) >= 11 is 0. The summed E-state index contributed by atoms with van der Waals surface area (Å²) in [6.45, 7) is 5.25. The largest absolute Gasteiger partial charge is 0.487 e. The smallest absolute Gasteiger partial charge is 0.416 e. The lowest BCUT2D eigenvalue weighted by molar-refractivity contribution is -0.137. The summed E-state index contributed by atoms with van der Waals surface area (Å²) in [7, 11) is 0. The minimum Gasteiger partial charge on any atom is -0.487 e. The Labute approximate surface area is 169 Å². The fourth-order valence-electron chi connectivity index (χ4n) is 3.67. The van der Waals surface area contributed by atoms with Gasteiger partial charge in [0.15, 0.2) is 11.5 Å². The summed E-state index contributed by atoms with van der Waals surface area (Å²) in [4.78, 5) is 25.5. The number of furan rings is 1. The number of ether oxygens (including phenoxy) is 1. The van der Waals surface area contributed by atoms with Gasteiger partial charge in [0.05, 0.1) is 17.5 Å². The van der Waals surface area contributed by atoms with Gasteiger partial charge in [-0.2, -0.15) is 13.2 Å². The van der Waals surface area contributed by atoms with Crippen molar-refractivity contribution in [2.75, 3.05) is 5.32 Å². The van der Waals surface area contributed by atoms with E-state index in [1.54, 1.807) is 19.1 Å². The fourth-order valence-corrected chi connectivity index (χ4v) is 3.67. The Kier molecular flexibility index (Phi) is 4.41. The molecule has 4 rings (SSSR count). The number of ketones is 1. The molecule has 1 aromatic heterocycles. The molecule has 0 bridgehead atoms. The fraction of sp³-hybridized carbons (Fsp3) is 0.273. The first-order valence-corrected chi connectivity index (χ1v) is 9.23. The lowest BCUT2D eigenvalue weighted by Crippen LogP contribution is -2.35. The molecular weight excluding hydrogens is 399 g/mol. The Morgan fingerprint density at radius 3 is 2.60 bits per heavy atom. The van der Waals surface area contributed by atoms with E-state index in [0.29, 0.717) is 27.8 Å². The summed E-state index contributed by atoms with van der Waals surface area (Å²) in [6, 6.07) is 7.55. The third kappa shape index (κ3) is 3.42. The molecule has 1 aliphatic heterocycles. The normalized spacial score (nSPS) is 15.6. The van der Waals surface area contributed by atoms with E-state index in [0.717, 1.165) is 12.1 Å². The zero-order chi connectivity index (χ0) is 21.8. The van der Waals surface area contributed by atoms with Crippen LogP contribution in [0.3, 0.4) is 0 Å². The number of benzene rings is 2. The third-order valence-corrected chi connectivity index (χ3v) is 4.96. The van der Waals surface area contributed by atoms with Crippen molar-refractivity contribution in [3.63, 3.8) is 0 Å². The van der Waals surface area contributed by atoms with E-state index in [1.807, 2.05) is 13.8 Å². The van der Waals surface area contributed by atoms with E-state index in [-0.39, 0.29) is 23.7 Å². The zero-order valence-corrected chi connectivity index (χ0v) is 16.4. The average molecular weight is 417 g/mol. The molecule has 8 heteroatoms. The van der Waals surface area contributed by atoms with Gasteiger partial charge in [-0.05, 0) is 51.1 Å². The first-order valence-electron chi connectivity index (χ1n) is 9.23. The number of nitrogens with one attached hydrogen (secondary N) is 1. The van der Waals surface area contributed by atoms with Crippen molar-refractivity contribution in [3.05, 3.63) is 58.8 Å². The number of fused-ring (bicyclic) bond motifs is 3. The van der Waals surface area contributed by atoms with Crippen molar-refractivity contribution in [2.24, 2.45) is 0 Å². The van der Waals surface area contributed by atoms with Crippen LogP contribution < -0.4 is 10.1 Å². The summed E-state index contributed by atoms with van der Waals surface area (Å²) in [5.74, 6) is -0.493. The maximum absolute atomic E-state index is 12.9. The summed E-state index contributed by atoms with van der Waals surface area (Å²) in [5.41, 5.74) is -0.427. The second-order valence-corrected chi connectivity index (χ2v) is 7.86. The van der Waals surface area contributed by atoms with Gasteiger partial charge in [-0.25, -0.2) is 0 Å². The van der Waals surface area contributed by atoms with Gasteiger partial charge in [-0.1, -0.05) is 6.07 Å². The van der Waals surface area contributed by atoms with Crippen molar-refractivity contribution in [1.82, 2.24) is 0 Å². The highest BCUT2D eigenvalue weighted by Crippen LogP contribution is 2.40. The highest BCUT2D eigenvalue weighted by Gasteiger charge is 2.36. The quantitative estimate of drug-likeness (QED) is 0.576. The van der Waals surface area contributed by atoms with Crippen molar-refractivity contribution in [3.8, 4) is 5.75 Å². The molecule has 0 aliphatic carbocycles. The Bertz CT molecular complexity index is 1190. The molecule has 0 radical (unpaired) electrons. The van der Waals surface area contributed by atoms with Crippen LogP contribution in [0.2, 0.25) is 0 Å². The van der Waals surface area contributed by atoms with E-state index in [9.17, 15) is 22.8 Å². The number of carbonyl (C=O) groups excluding carboxylic acids is 2. The molecule has 3 aromatic rings. The number of amides is 1. The lowest BCUT2D eigenvalue weighted by atomic mass is 9.90. The number of alkyl halides is 3. The molecule has 1 amide bonds. The van der Waals surface area contributed by atoms with E-state index in [1.165, 1.54) is 12.1 Å². The van der Waals surface area contributed by atoms with Crippen LogP contribution in [-0.2, 0) is 6.18 Å². The first-order chi connectivity index (χ1) is 14.0. The average Bonchev–Trinajstić information content (AvgIpc) is 2.97. The molecule has 5 nitrogen and oxygen atoms in total. The van der Waals surface area contributed by atoms with Crippen molar-refractivity contribution >= 4 is 28.3 Å². The Balaban J connectivity index is 1.73. The van der Waals surface area contributed by atoms with Gasteiger partial charge in [0.2, 0.25) is 0 Å². The van der Waals surface area contributed by atoms with Gasteiger partial charge in [0, 0.05) is 16.6 Å². The molecule has 0 atom stereocenters. The van der Waals surface area contributed by atoms with Gasteiger partial charge < -0.3 is 14.5 Å². The standard InChI is InChI=1S/C22H18F3NO4/c1-11-17-15(7-8-16-18(17)14(27)10-21(2,3)30-16)29-19(11)20(28)26-13-6-4-5-12(9-13)22(23,24)25/h4-9H,10H2,1-3H3,(H,26,28). The van der Waals surface area contributed by atoms with E-state index in [4.69, 9.17) is 9.15 Å². The van der Waals surface area contributed by atoms with Gasteiger partial charge >= 0.3 is 6.18 Å². The zero-order valence-electron chi connectivity index (χ0n) is 16.4. The molecule has 0 fully saturated rings. The highest BCUT2D eigenvalue weighted by atomic mass is 19.4. The van der Waals surface area contributed by atoms with Crippen LogP contribution in [0.25, 0.3) is 11.0 Å². The Morgan fingerprint density at radius 1 is 1.17 bits per heavy atom. The van der Waals surface area contributed by atoms with Crippen LogP contribution in [0.4, 0.5) is 18.9 Å². The topological polar surface area (TPSA) is 68.5 Å². The van der Waals surface area contributed by atoms with Crippen molar-refractivity contribution in [2.45, 2.75) is 39.0 Å². The predicted octanol–water partition coefficient (Wildman–Crippen LogP) is 5.76. The molecular formula is C22H18F3NO4. The van der Waals surface area contributed by atoms with E-state index in [2.05, 4.69) is 5.32 Å². The van der Waals surface area contributed by atoms with Crippen LogP contribution in [0, 0.1) is 6.92 Å². The number of aryl methyl sites for hydroxylation is 1. The minimum absolute atomic E-state index is 0.0159. The van der Waals surface area contributed by atoms with Crippen molar-refractivity contribution < 1.29 is 31.9 Å². The number of anilines is 1. The van der Waals surface area contributed by atoms with Crippen LogP contribution in [0.15, 0.2) is 40.8 Å². The molecule has 1 N–H and O–H groups in total. The van der Waals surface area contributed by atoms with Gasteiger partial charge in [0.25, 0.3) is 5.91 Å². The van der Waals surface area contributed by atoms with Crippen LogP contribution >= 0.6 is 0 Å². The summed E-state index contributed by atoms with van der Waals surface area (Å²) in [6.07, 6.45) is -4.35. The molecule has 1 aliphatic rings. The minimum atomic E-state index is -4.52. The molecule has 30 heavy (non-hydrogen) atoms. The van der Waals surface area contributed by atoms with Crippen molar-refractivity contribution in [1.29, 1.82) is 0 Å². The van der Waals surface area contributed by atoms with Gasteiger partial charge in [0.1, 0.15) is 16.9 Å². The lowest BCUT2D eigenvalue weighted by Gasteiger charge is -2.31. The number of halogens is 3. The maximum Gasteiger partial charge on any atom is 0.416 e. The summed E-state index contributed by atoms with van der Waals surface area (Å²) in [5, 5.41) is 2.90. The molecule has 2 heterocycles. The number of carbonyl (C=O) groups is 2. The predicted molar refractivity (Wildman–Crippen MR) is 104 cm³/mol. The highest BCUT2D eigenvalue weighted by molar-refractivity contribution is 6.14. The second-order valence-electron chi connectivity index (χ2n) is 7.86. The Hall–Kier alpha value is -3.29. The molecule has 0 saturated carbocycles. The summed E-state index contributed by atoms with van der Waals surface area (Å²) < 4.78 is 50.3. The number of rotatable bonds is 2. The molecule has 0 spiro atoms. The van der Waals surface area contributed by atoms with Crippen LogP contribution in [0.5, 0.6) is 5.75 Å². The Morgan fingerprint density at radius 2 is 1.90 bits per heavy atom. The molecule has 2 aromatic carbocycles. The second kappa shape index (κ2) is 6.62. The van der Waals surface area contributed by atoms with Crippen LogP contribution in [0.1, 0.15) is 52.3 Å². The molecule has 0 unspecified atom stereocenters. The third-order valence-electron chi connectivity index (χ3n) is 4.96. The molecule has 156 valence electrons. The monoisotopic (exact) mass is 417 g/mol. The van der Waals surface area contributed by atoms with E-state index >= 15 is 0 Å². The number of hydrogen-bond acceptors (Lipinski definition) is 4. The molecule has 0 saturated heterocycles. The van der Waals surface area contributed by atoms with Crippen LogP contribution in [-0.4, -0.2) is 17.3 Å². The first kappa shape index (κ1) is 20.0. The van der Waals surface area contributed by atoms with E-state index < -0.39 is 23.2 Å².